The first-order valence-electron chi connectivity index (χ1n) is 6.70. The van der Waals surface area contributed by atoms with Gasteiger partial charge in [-0.1, -0.05) is 29.7 Å². The topological polar surface area (TPSA) is 116 Å². The number of carbonyl (C=O) groups excluding carboxylic acids is 1. The van der Waals surface area contributed by atoms with Crippen molar-refractivity contribution in [3.8, 4) is 0 Å². The minimum absolute atomic E-state index is 0.0374. The summed E-state index contributed by atoms with van der Waals surface area (Å²) in [4.78, 5) is 22.1. The molecule has 2 aromatic rings. The van der Waals surface area contributed by atoms with Crippen LogP contribution in [0.2, 0.25) is 5.02 Å². The van der Waals surface area contributed by atoms with E-state index >= 15 is 0 Å². The van der Waals surface area contributed by atoms with Gasteiger partial charge in [-0.3, -0.25) is 20.2 Å². The number of hydrogen-bond acceptors (Lipinski definition) is 6. The number of carbonyl (C=O) groups is 1. The van der Waals surface area contributed by atoms with E-state index in [1.54, 1.807) is 6.07 Å². The maximum absolute atomic E-state index is 11.9. The molecule has 0 aliphatic heterocycles. The number of nitro benzene ring substituents is 1. The number of anilines is 1. The summed E-state index contributed by atoms with van der Waals surface area (Å²) in [6, 6.07) is 4.26. The molecule has 0 aliphatic carbocycles. The highest BCUT2D eigenvalue weighted by atomic mass is 35.5. The largest absolute Gasteiger partial charge is 0.290 e. The Labute approximate surface area is 136 Å². The van der Waals surface area contributed by atoms with Gasteiger partial charge in [0.25, 0.3) is 11.6 Å². The summed E-state index contributed by atoms with van der Waals surface area (Å²) in [5.74, 6) is -0.210. The molecule has 0 radical (unpaired) electrons. The second kappa shape index (κ2) is 7.45. The van der Waals surface area contributed by atoms with Crippen LogP contribution in [-0.4, -0.2) is 31.0 Å². The van der Waals surface area contributed by atoms with E-state index in [4.69, 9.17) is 11.6 Å². The van der Waals surface area contributed by atoms with E-state index in [0.29, 0.717) is 12.1 Å². The first-order valence-corrected chi connectivity index (χ1v) is 7.08. The normalized spacial score (nSPS) is 10.9. The number of halogens is 1. The predicted molar refractivity (Wildman–Crippen MR) is 83.9 cm³/mol. The van der Waals surface area contributed by atoms with Gasteiger partial charge in [0.1, 0.15) is 5.02 Å². The first kappa shape index (κ1) is 16.6. The van der Waals surface area contributed by atoms with Crippen molar-refractivity contribution in [2.45, 2.75) is 19.9 Å². The number of nitro groups is 1. The Bertz CT molecular complexity index is 758. The zero-order valence-electron chi connectivity index (χ0n) is 12.1. The number of nitrogens with zero attached hydrogens (tertiary/aromatic N) is 5. The van der Waals surface area contributed by atoms with Crippen LogP contribution < -0.4 is 5.32 Å². The van der Waals surface area contributed by atoms with Crippen molar-refractivity contribution in [1.29, 1.82) is 0 Å². The molecule has 1 aromatic carbocycles. The molecular weight excluding hydrogens is 324 g/mol. The molecule has 23 heavy (non-hydrogen) atoms. The lowest BCUT2D eigenvalue weighted by Crippen LogP contribution is -2.14. The Morgan fingerprint density at radius 1 is 1.52 bits per heavy atom. The maximum Gasteiger partial charge on any atom is 0.288 e. The highest BCUT2D eigenvalue weighted by Gasteiger charge is 2.12. The van der Waals surface area contributed by atoms with Gasteiger partial charge >= 0.3 is 0 Å². The minimum Gasteiger partial charge on any atom is -0.290 e. The molecule has 0 bridgehead atoms. The standard InChI is InChI=1S/C13H13ClN6O3/c1-2-7-19-13(16-17-18-19)15-12(21)6-4-9-3-5-10(14)11(8-9)20(22)23/h3-6,8H,2,7H2,1H3,(H,15,16,18,21). The zero-order chi connectivity index (χ0) is 16.8. The third kappa shape index (κ3) is 4.33. The van der Waals surface area contributed by atoms with Crippen LogP contribution in [0.1, 0.15) is 18.9 Å². The van der Waals surface area contributed by atoms with Crippen LogP contribution in [-0.2, 0) is 11.3 Å². The summed E-state index contributed by atoms with van der Waals surface area (Å²) in [5, 5.41) is 24.3. The molecule has 1 aromatic heterocycles. The number of rotatable bonds is 6. The van der Waals surface area contributed by atoms with Gasteiger partial charge in [0.2, 0.25) is 5.95 Å². The van der Waals surface area contributed by atoms with E-state index in [1.807, 2.05) is 6.92 Å². The Kier molecular flexibility index (Phi) is 5.36. The van der Waals surface area contributed by atoms with Gasteiger partial charge in [0, 0.05) is 18.7 Å². The molecule has 0 atom stereocenters. The van der Waals surface area contributed by atoms with E-state index in [1.165, 1.54) is 29.0 Å². The fourth-order valence-electron chi connectivity index (χ4n) is 1.75. The van der Waals surface area contributed by atoms with Crippen molar-refractivity contribution < 1.29 is 9.72 Å². The van der Waals surface area contributed by atoms with Gasteiger partial charge in [-0.2, -0.15) is 0 Å². The lowest BCUT2D eigenvalue weighted by Gasteiger charge is -2.02. The van der Waals surface area contributed by atoms with Crippen LogP contribution in [0, 0.1) is 10.1 Å². The number of amides is 1. The van der Waals surface area contributed by atoms with Crippen molar-refractivity contribution in [2.75, 3.05) is 5.32 Å². The smallest absolute Gasteiger partial charge is 0.288 e. The summed E-state index contributed by atoms with van der Waals surface area (Å²) < 4.78 is 1.47. The highest BCUT2D eigenvalue weighted by Crippen LogP contribution is 2.25. The lowest BCUT2D eigenvalue weighted by molar-refractivity contribution is -0.384. The molecule has 0 fully saturated rings. The first-order chi connectivity index (χ1) is 11.0. The van der Waals surface area contributed by atoms with Crippen molar-refractivity contribution in [2.24, 2.45) is 0 Å². The predicted octanol–water partition coefficient (Wildman–Crippen LogP) is 2.30. The molecular formula is C13H13ClN6O3. The summed E-state index contributed by atoms with van der Waals surface area (Å²) in [5.41, 5.74) is 0.255. The van der Waals surface area contributed by atoms with Crippen LogP contribution in [0.25, 0.3) is 6.08 Å². The Balaban J connectivity index is 2.08. The fraction of sp³-hybridized carbons (Fsp3) is 0.231. The van der Waals surface area contributed by atoms with E-state index in [9.17, 15) is 14.9 Å². The van der Waals surface area contributed by atoms with E-state index in [0.717, 1.165) is 6.42 Å². The van der Waals surface area contributed by atoms with Crippen LogP contribution in [0.15, 0.2) is 24.3 Å². The summed E-state index contributed by atoms with van der Waals surface area (Å²) in [6.07, 6.45) is 3.49. The molecule has 0 saturated carbocycles. The number of hydrogen-bond donors (Lipinski definition) is 1. The van der Waals surface area contributed by atoms with Gasteiger partial charge in [-0.15, -0.1) is 0 Å². The monoisotopic (exact) mass is 336 g/mol. The number of benzene rings is 1. The molecule has 1 N–H and O–H groups in total. The number of aryl methyl sites for hydroxylation is 1. The second-order valence-electron chi connectivity index (χ2n) is 4.52. The second-order valence-corrected chi connectivity index (χ2v) is 4.92. The Hall–Kier alpha value is -2.81. The molecule has 2 rings (SSSR count). The van der Waals surface area contributed by atoms with Crippen LogP contribution in [0.3, 0.4) is 0 Å². The van der Waals surface area contributed by atoms with Crippen LogP contribution in [0.4, 0.5) is 11.6 Å². The van der Waals surface area contributed by atoms with Gasteiger partial charge in [0.15, 0.2) is 0 Å². The lowest BCUT2D eigenvalue weighted by atomic mass is 10.2. The van der Waals surface area contributed by atoms with Crippen molar-refractivity contribution >= 4 is 35.2 Å². The van der Waals surface area contributed by atoms with E-state index < -0.39 is 10.8 Å². The number of nitrogens with one attached hydrogen (secondary N) is 1. The number of tetrazole rings is 1. The molecule has 0 saturated heterocycles. The van der Waals surface area contributed by atoms with Crippen molar-refractivity contribution in [3.05, 3.63) is 45.0 Å². The summed E-state index contributed by atoms with van der Waals surface area (Å²) in [6.45, 7) is 2.54. The fourth-order valence-corrected chi connectivity index (χ4v) is 1.94. The SMILES string of the molecule is CCCn1nnnc1NC(=O)C=Cc1ccc(Cl)c([N+](=O)[O-])c1. The molecule has 10 heteroatoms. The molecule has 0 aliphatic rings. The van der Waals surface area contributed by atoms with Gasteiger partial charge in [-0.25, -0.2) is 4.68 Å². The third-order valence-corrected chi connectivity index (χ3v) is 3.12. The Morgan fingerprint density at radius 2 is 2.30 bits per heavy atom. The van der Waals surface area contributed by atoms with Gasteiger partial charge < -0.3 is 0 Å². The molecule has 0 spiro atoms. The quantitative estimate of drug-likeness (QED) is 0.491. The van der Waals surface area contributed by atoms with Crippen molar-refractivity contribution in [1.82, 2.24) is 20.2 Å². The summed E-state index contributed by atoms with van der Waals surface area (Å²) in [7, 11) is 0. The average molecular weight is 337 g/mol. The van der Waals surface area contributed by atoms with Gasteiger partial charge in [0.05, 0.1) is 4.92 Å². The molecule has 9 nitrogen and oxygen atoms in total. The highest BCUT2D eigenvalue weighted by molar-refractivity contribution is 6.32. The maximum atomic E-state index is 11.9. The van der Waals surface area contributed by atoms with Crippen LogP contribution >= 0.6 is 11.6 Å². The summed E-state index contributed by atoms with van der Waals surface area (Å²) >= 11 is 5.73. The van der Waals surface area contributed by atoms with Crippen LogP contribution in [0.5, 0.6) is 0 Å². The Morgan fingerprint density at radius 3 is 3.00 bits per heavy atom. The number of aromatic nitrogens is 4. The van der Waals surface area contributed by atoms with E-state index in [2.05, 4.69) is 20.8 Å². The molecule has 120 valence electrons. The van der Waals surface area contributed by atoms with E-state index in [-0.39, 0.29) is 16.7 Å². The van der Waals surface area contributed by atoms with Gasteiger partial charge in [-0.05, 0) is 34.6 Å². The average Bonchev–Trinajstić information content (AvgIpc) is 2.93. The van der Waals surface area contributed by atoms with Crippen molar-refractivity contribution in [3.63, 3.8) is 0 Å². The molecule has 1 amide bonds. The third-order valence-electron chi connectivity index (χ3n) is 2.80. The minimum atomic E-state index is -0.585. The zero-order valence-corrected chi connectivity index (χ0v) is 12.9. The molecule has 0 unspecified atom stereocenters. The molecule has 1 heterocycles.